The molecule has 0 amide bonds. The standard InChI is InChI=1S/C23H30N4O2/c1-28-21-8-6-20(7-9-21)18-26-12-10-25(11-13-26)14-16-29-17-15-27-19-24-22-4-2-3-5-23(22)27/h2-9,19H,10-18H2,1H3. The Kier molecular flexibility index (Phi) is 6.77. The van der Waals surface area contributed by atoms with Gasteiger partial charge in [0.1, 0.15) is 5.75 Å². The van der Waals surface area contributed by atoms with Crippen LogP contribution in [0.15, 0.2) is 54.9 Å². The van der Waals surface area contributed by atoms with Crippen LogP contribution in [0.5, 0.6) is 5.75 Å². The van der Waals surface area contributed by atoms with Crippen molar-refractivity contribution in [3.63, 3.8) is 0 Å². The molecule has 2 heterocycles. The van der Waals surface area contributed by atoms with Crippen molar-refractivity contribution in [2.24, 2.45) is 0 Å². The summed E-state index contributed by atoms with van der Waals surface area (Å²) in [4.78, 5) is 9.44. The van der Waals surface area contributed by atoms with E-state index in [1.54, 1.807) is 7.11 Å². The van der Waals surface area contributed by atoms with E-state index in [1.807, 2.05) is 30.6 Å². The van der Waals surface area contributed by atoms with Gasteiger partial charge in [0.25, 0.3) is 0 Å². The van der Waals surface area contributed by atoms with Gasteiger partial charge in [0.05, 0.1) is 37.7 Å². The summed E-state index contributed by atoms with van der Waals surface area (Å²) in [6.07, 6.45) is 1.90. The lowest BCUT2D eigenvalue weighted by atomic mass is 10.2. The van der Waals surface area contributed by atoms with Gasteiger partial charge < -0.3 is 14.0 Å². The Morgan fingerprint density at radius 1 is 0.862 bits per heavy atom. The summed E-state index contributed by atoms with van der Waals surface area (Å²) in [7, 11) is 1.71. The second-order valence-electron chi connectivity index (χ2n) is 7.50. The van der Waals surface area contributed by atoms with Gasteiger partial charge in [-0.2, -0.15) is 0 Å². The Labute approximate surface area is 172 Å². The Morgan fingerprint density at radius 2 is 1.59 bits per heavy atom. The number of rotatable bonds is 9. The first-order valence-electron chi connectivity index (χ1n) is 10.4. The average molecular weight is 395 g/mol. The number of para-hydroxylation sites is 2. The van der Waals surface area contributed by atoms with Crippen LogP contribution in [0.25, 0.3) is 11.0 Å². The zero-order valence-electron chi connectivity index (χ0n) is 17.2. The number of fused-ring (bicyclic) bond motifs is 1. The molecule has 1 aliphatic heterocycles. The molecule has 4 rings (SSSR count). The number of hydrogen-bond acceptors (Lipinski definition) is 5. The van der Waals surface area contributed by atoms with E-state index in [0.717, 1.165) is 70.3 Å². The Hall–Kier alpha value is -2.41. The number of nitrogens with zero attached hydrogens (tertiary/aromatic N) is 4. The molecule has 0 unspecified atom stereocenters. The van der Waals surface area contributed by atoms with E-state index >= 15 is 0 Å². The maximum atomic E-state index is 5.89. The average Bonchev–Trinajstić information content (AvgIpc) is 3.18. The summed E-state index contributed by atoms with van der Waals surface area (Å²) in [6, 6.07) is 16.6. The van der Waals surface area contributed by atoms with Crippen molar-refractivity contribution in [2.45, 2.75) is 13.1 Å². The van der Waals surface area contributed by atoms with Crippen molar-refractivity contribution in [3.8, 4) is 5.75 Å². The molecule has 6 heteroatoms. The van der Waals surface area contributed by atoms with Crippen LogP contribution in [0.3, 0.4) is 0 Å². The number of imidazole rings is 1. The molecule has 154 valence electrons. The van der Waals surface area contributed by atoms with E-state index in [4.69, 9.17) is 9.47 Å². The highest BCUT2D eigenvalue weighted by molar-refractivity contribution is 5.74. The number of hydrogen-bond donors (Lipinski definition) is 0. The molecule has 3 aromatic rings. The number of methoxy groups -OCH3 is 1. The summed E-state index contributed by atoms with van der Waals surface area (Å²) in [5, 5.41) is 0. The fraction of sp³-hybridized carbons (Fsp3) is 0.435. The molecular formula is C23H30N4O2. The van der Waals surface area contributed by atoms with Gasteiger partial charge in [0.2, 0.25) is 0 Å². The minimum atomic E-state index is 0.720. The topological polar surface area (TPSA) is 42.8 Å². The highest BCUT2D eigenvalue weighted by atomic mass is 16.5. The monoisotopic (exact) mass is 394 g/mol. The van der Waals surface area contributed by atoms with E-state index < -0.39 is 0 Å². The van der Waals surface area contributed by atoms with Crippen LogP contribution in [0.2, 0.25) is 0 Å². The van der Waals surface area contributed by atoms with Crippen LogP contribution in [0, 0.1) is 0 Å². The third kappa shape index (κ3) is 5.35. The Balaban J connectivity index is 1.11. The van der Waals surface area contributed by atoms with Crippen molar-refractivity contribution in [3.05, 3.63) is 60.4 Å². The predicted molar refractivity (Wildman–Crippen MR) is 115 cm³/mol. The maximum Gasteiger partial charge on any atom is 0.118 e. The molecule has 29 heavy (non-hydrogen) atoms. The first-order chi connectivity index (χ1) is 14.3. The quantitative estimate of drug-likeness (QED) is 0.522. The van der Waals surface area contributed by atoms with Gasteiger partial charge in [0, 0.05) is 45.8 Å². The van der Waals surface area contributed by atoms with E-state index in [9.17, 15) is 0 Å². The van der Waals surface area contributed by atoms with Crippen molar-refractivity contribution < 1.29 is 9.47 Å². The summed E-state index contributed by atoms with van der Waals surface area (Å²) < 4.78 is 13.3. The number of benzene rings is 2. The van der Waals surface area contributed by atoms with Gasteiger partial charge >= 0.3 is 0 Å². The molecule has 1 aliphatic rings. The van der Waals surface area contributed by atoms with Gasteiger partial charge in [0.15, 0.2) is 0 Å². The summed E-state index contributed by atoms with van der Waals surface area (Å²) in [6.45, 7) is 8.77. The minimum Gasteiger partial charge on any atom is -0.497 e. The van der Waals surface area contributed by atoms with Crippen LogP contribution >= 0.6 is 0 Å². The van der Waals surface area contributed by atoms with Gasteiger partial charge in [-0.05, 0) is 29.8 Å². The number of aromatic nitrogens is 2. The summed E-state index contributed by atoms with van der Waals surface area (Å²) >= 11 is 0. The molecule has 0 saturated carbocycles. The molecule has 0 aliphatic carbocycles. The van der Waals surface area contributed by atoms with Gasteiger partial charge in [-0.1, -0.05) is 24.3 Å². The molecule has 0 radical (unpaired) electrons. The largest absolute Gasteiger partial charge is 0.497 e. The third-order valence-electron chi connectivity index (χ3n) is 5.59. The molecule has 6 nitrogen and oxygen atoms in total. The van der Waals surface area contributed by atoms with Crippen molar-refractivity contribution in [2.75, 3.05) is 53.0 Å². The van der Waals surface area contributed by atoms with Crippen LogP contribution in [-0.2, 0) is 17.8 Å². The first kappa shape index (κ1) is 19.9. The van der Waals surface area contributed by atoms with Crippen LogP contribution in [0.1, 0.15) is 5.56 Å². The van der Waals surface area contributed by atoms with Crippen molar-refractivity contribution in [1.82, 2.24) is 19.4 Å². The van der Waals surface area contributed by atoms with E-state index in [2.05, 4.69) is 43.6 Å². The zero-order valence-corrected chi connectivity index (χ0v) is 17.2. The highest BCUT2D eigenvalue weighted by Crippen LogP contribution is 2.14. The van der Waals surface area contributed by atoms with Gasteiger partial charge in [-0.25, -0.2) is 4.98 Å². The van der Waals surface area contributed by atoms with E-state index in [-0.39, 0.29) is 0 Å². The van der Waals surface area contributed by atoms with Gasteiger partial charge in [-0.15, -0.1) is 0 Å². The van der Waals surface area contributed by atoms with Crippen LogP contribution < -0.4 is 4.74 Å². The van der Waals surface area contributed by atoms with Crippen molar-refractivity contribution >= 4 is 11.0 Å². The normalized spacial score (nSPS) is 15.8. The first-order valence-corrected chi connectivity index (χ1v) is 10.4. The zero-order chi connectivity index (χ0) is 19.9. The molecule has 0 spiro atoms. The third-order valence-corrected chi connectivity index (χ3v) is 5.59. The number of ether oxygens (including phenoxy) is 2. The fourth-order valence-electron chi connectivity index (χ4n) is 3.81. The van der Waals surface area contributed by atoms with Gasteiger partial charge in [-0.3, -0.25) is 9.80 Å². The summed E-state index contributed by atoms with van der Waals surface area (Å²) in [5.74, 6) is 0.916. The molecule has 0 bridgehead atoms. The minimum absolute atomic E-state index is 0.720. The molecular weight excluding hydrogens is 364 g/mol. The van der Waals surface area contributed by atoms with E-state index in [0.29, 0.717) is 0 Å². The van der Waals surface area contributed by atoms with Crippen molar-refractivity contribution in [1.29, 1.82) is 0 Å². The molecule has 0 N–H and O–H groups in total. The Morgan fingerprint density at radius 3 is 2.38 bits per heavy atom. The SMILES string of the molecule is COc1ccc(CN2CCN(CCOCCn3cnc4ccccc43)CC2)cc1. The number of piperazine rings is 1. The molecule has 1 saturated heterocycles. The second kappa shape index (κ2) is 9.87. The fourth-order valence-corrected chi connectivity index (χ4v) is 3.81. The highest BCUT2D eigenvalue weighted by Gasteiger charge is 2.16. The molecule has 0 atom stereocenters. The molecule has 1 aromatic heterocycles. The molecule has 1 fully saturated rings. The lowest BCUT2D eigenvalue weighted by Crippen LogP contribution is -2.46. The van der Waals surface area contributed by atoms with Crippen LogP contribution in [-0.4, -0.2) is 72.4 Å². The lowest BCUT2D eigenvalue weighted by Gasteiger charge is -2.34. The smallest absolute Gasteiger partial charge is 0.118 e. The van der Waals surface area contributed by atoms with Crippen LogP contribution in [0.4, 0.5) is 0 Å². The molecule has 2 aromatic carbocycles. The predicted octanol–water partition coefficient (Wildman–Crippen LogP) is 2.88. The second-order valence-corrected chi connectivity index (χ2v) is 7.50. The maximum absolute atomic E-state index is 5.89. The lowest BCUT2D eigenvalue weighted by molar-refractivity contribution is 0.0707. The Bertz CT molecular complexity index is 885. The van der Waals surface area contributed by atoms with E-state index in [1.165, 1.54) is 11.1 Å². The summed E-state index contributed by atoms with van der Waals surface area (Å²) in [5.41, 5.74) is 3.55.